The molecule has 1 aliphatic rings. The van der Waals surface area contributed by atoms with Gasteiger partial charge in [-0.1, -0.05) is 42.0 Å². The third kappa shape index (κ3) is 5.73. The molecule has 4 rings (SSSR count). The van der Waals surface area contributed by atoms with Crippen LogP contribution in [-0.4, -0.2) is 53.7 Å². The number of nitrogens with one attached hydrogen (secondary N) is 1. The summed E-state index contributed by atoms with van der Waals surface area (Å²) in [6, 6.07) is 15.7. The number of halogens is 1. The number of rotatable bonds is 5. The minimum atomic E-state index is 0. The number of piperazine rings is 1. The number of anilines is 1. The van der Waals surface area contributed by atoms with Gasteiger partial charge in [0, 0.05) is 38.3 Å². The largest absolute Gasteiger partial charge is 0.506 e. The predicted octanol–water partition coefficient (Wildman–Crippen LogP) is 4.26. The molecule has 1 aliphatic heterocycles. The molecule has 0 saturated carbocycles. The summed E-state index contributed by atoms with van der Waals surface area (Å²) in [6.45, 7) is 8.58. The lowest BCUT2D eigenvalue weighted by atomic mass is 10.1. The predicted molar refractivity (Wildman–Crippen MR) is 139 cm³/mol. The SMILES string of the molecule is CCNC(=NCc1ncc(-c2ccc(C)cc2)o1)N1CCN(c2ccccc2O)CC1.I. The number of nitrogens with zero attached hydrogens (tertiary/aromatic N) is 4. The molecular formula is C24H30IN5O2. The molecule has 0 unspecified atom stereocenters. The number of aromatic hydroxyl groups is 1. The highest BCUT2D eigenvalue weighted by Crippen LogP contribution is 2.27. The number of aromatic nitrogens is 1. The Morgan fingerprint density at radius 2 is 1.81 bits per heavy atom. The number of guanidine groups is 1. The van der Waals surface area contributed by atoms with Crippen LogP contribution in [0.5, 0.6) is 5.75 Å². The summed E-state index contributed by atoms with van der Waals surface area (Å²) in [5.41, 5.74) is 3.11. The average Bonchev–Trinajstić information content (AvgIpc) is 3.27. The molecule has 32 heavy (non-hydrogen) atoms. The fraction of sp³-hybridized carbons (Fsp3) is 0.333. The van der Waals surface area contributed by atoms with E-state index < -0.39 is 0 Å². The molecule has 1 aromatic heterocycles. The molecule has 3 aromatic rings. The third-order valence-corrected chi connectivity index (χ3v) is 5.39. The normalized spacial score (nSPS) is 14.2. The number of hydrogen-bond donors (Lipinski definition) is 2. The van der Waals surface area contributed by atoms with Crippen molar-refractivity contribution in [1.82, 2.24) is 15.2 Å². The zero-order valence-corrected chi connectivity index (χ0v) is 20.8. The Balaban J connectivity index is 0.00000289. The molecule has 0 bridgehead atoms. The summed E-state index contributed by atoms with van der Waals surface area (Å²) in [6.07, 6.45) is 1.76. The van der Waals surface area contributed by atoms with E-state index in [1.807, 2.05) is 30.3 Å². The van der Waals surface area contributed by atoms with Crippen LogP contribution in [0.2, 0.25) is 0 Å². The number of oxazole rings is 1. The quantitative estimate of drug-likeness (QED) is 0.283. The van der Waals surface area contributed by atoms with E-state index in [0.717, 1.165) is 55.7 Å². The molecule has 0 radical (unpaired) electrons. The Morgan fingerprint density at radius 3 is 2.50 bits per heavy atom. The van der Waals surface area contributed by atoms with Crippen molar-refractivity contribution in [3.05, 3.63) is 66.2 Å². The van der Waals surface area contributed by atoms with Crippen molar-refractivity contribution >= 4 is 35.6 Å². The summed E-state index contributed by atoms with van der Waals surface area (Å²) < 4.78 is 5.91. The lowest BCUT2D eigenvalue weighted by molar-refractivity contribution is 0.368. The second kappa shape index (κ2) is 11.2. The van der Waals surface area contributed by atoms with Crippen LogP contribution in [0.15, 0.2) is 64.1 Å². The number of aryl methyl sites for hydroxylation is 1. The summed E-state index contributed by atoms with van der Waals surface area (Å²) in [4.78, 5) is 13.6. The third-order valence-electron chi connectivity index (χ3n) is 5.39. The Bertz CT molecular complexity index is 1030. The van der Waals surface area contributed by atoms with E-state index in [0.29, 0.717) is 18.2 Å². The van der Waals surface area contributed by atoms with Crippen LogP contribution in [-0.2, 0) is 6.54 Å². The molecule has 0 aliphatic carbocycles. The van der Waals surface area contributed by atoms with Gasteiger partial charge >= 0.3 is 0 Å². The second-order valence-corrected chi connectivity index (χ2v) is 7.62. The average molecular weight is 547 g/mol. The van der Waals surface area contributed by atoms with Gasteiger partial charge in [0.15, 0.2) is 11.7 Å². The first-order chi connectivity index (χ1) is 15.1. The van der Waals surface area contributed by atoms with Gasteiger partial charge in [-0.15, -0.1) is 24.0 Å². The lowest BCUT2D eigenvalue weighted by Gasteiger charge is -2.37. The van der Waals surface area contributed by atoms with Gasteiger partial charge in [0.05, 0.1) is 11.9 Å². The van der Waals surface area contributed by atoms with Crippen molar-refractivity contribution in [3.8, 4) is 17.1 Å². The Kier molecular flexibility index (Phi) is 8.38. The summed E-state index contributed by atoms with van der Waals surface area (Å²) >= 11 is 0. The molecule has 1 fully saturated rings. The number of phenols is 1. The molecule has 0 amide bonds. The topological polar surface area (TPSA) is 77.1 Å². The number of benzene rings is 2. The number of phenolic OH excluding ortho intramolecular Hbond substituents is 1. The molecule has 1 saturated heterocycles. The first kappa shape index (κ1) is 23.9. The van der Waals surface area contributed by atoms with Crippen LogP contribution in [0.25, 0.3) is 11.3 Å². The Morgan fingerprint density at radius 1 is 1.09 bits per heavy atom. The van der Waals surface area contributed by atoms with Gasteiger partial charge in [0.2, 0.25) is 5.89 Å². The van der Waals surface area contributed by atoms with E-state index in [2.05, 4.69) is 46.1 Å². The van der Waals surface area contributed by atoms with E-state index >= 15 is 0 Å². The summed E-state index contributed by atoms with van der Waals surface area (Å²) in [5, 5.41) is 13.5. The molecule has 2 aromatic carbocycles. The van der Waals surface area contributed by atoms with Crippen molar-refractivity contribution in [2.75, 3.05) is 37.6 Å². The maximum Gasteiger partial charge on any atom is 0.216 e. The van der Waals surface area contributed by atoms with Crippen molar-refractivity contribution in [2.24, 2.45) is 4.99 Å². The van der Waals surface area contributed by atoms with E-state index in [-0.39, 0.29) is 24.0 Å². The minimum Gasteiger partial charge on any atom is -0.506 e. The molecule has 2 heterocycles. The maximum atomic E-state index is 10.1. The smallest absolute Gasteiger partial charge is 0.216 e. The van der Waals surface area contributed by atoms with Crippen LogP contribution in [0.4, 0.5) is 5.69 Å². The monoisotopic (exact) mass is 547 g/mol. The van der Waals surface area contributed by atoms with Crippen LogP contribution < -0.4 is 10.2 Å². The van der Waals surface area contributed by atoms with Gasteiger partial charge < -0.3 is 24.6 Å². The zero-order chi connectivity index (χ0) is 21.6. The first-order valence-electron chi connectivity index (χ1n) is 10.7. The van der Waals surface area contributed by atoms with Gasteiger partial charge in [-0.05, 0) is 26.0 Å². The zero-order valence-electron chi connectivity index (χ0n) is 18.5. The lowest BCUT2D eigenvalue weighted by Crippen LogP contribution is -2.52. The number of aliphatic imine (C=N–C) groups is 1. The summed E-state index contributed by atoms with van der Waals surface area (Å²) in [7, 11) is 0. The molecule has 0 atom stereocenters. The van der Waals surface area contributed by atoms with E-state index in [4.69, 9.17) is 9.41 Å². The van der Waals surface area contributed by atoms with Gasteiger partial charge in [-0.25, -0.2) is 9.98 Å². The fourth-order valence-corrected chi connectivity index (χ4v) is 3.69. The van der Waals surface area contributed by atoms with Gasteiger partial charge in [0.1, 0.15) is 12.3 Å². The molecule has 7 nitrogen and oxygen atoms in total. The molecular weight excluding hydrogens is 517 g/mol. The van der Waals surface area contributed by atoms with Gasteiger partial charge in [-0.2, -0.15) is 0 Å². The van der Waals surface area contributed by atoms with Crippen LogP contribution >= 0.6 is 24.0 Å². The standard InChI is InChI=1S/C24H29N5O2.HI/c1-3-25-24(29-14-12-28(13-15-29)20-6-4-5-7-21(20)30)27-17-23-26-16-22(31-23)19-10-8-18(2)9-11-19;/h4-11,16,30H,3,12-15,17H2,1-2H3,(H,25,27);1H. The number of hydrogen-bond acceptors (Lipinski definition) is 5. The Labute approximate surface area is 206 Å². The van der Waals surface area contributed by atoms with Gasteiger partial charge in [0.25, 0.3) is 0 Å². The van der Waals surface area contributed by atoms with E-state index in [9.17, 15) is 5.11 Å². The van der Waals surface area contributed by atoms with Crippen LogP contribution in [0.1, 0.15) is 18.4 Å². The molecule has 8 heteroatoms. The fourth-order valence-electron chi connectivity index (χ4n) is 3.69. The molecule has 170 valence electrons. The van der Waals surface area contributed by atoms with Crippen LogP contribution in [0, 0.1) is 6.92 Å². The van der Waals surface area contributed by atoms with Crippen molar-refractivity contribution in [3.63, 3.8) is 0 Å². The first-order valence-corrected chi connectivity index (χ1v) is 10.7. The minimum absolute atomic E-state index is 0. The van der Waals surface area contributed by atoms with Crippen molar-refractivity contribution < 1.29 is 9.52 Å². The van der Waals surface area contributed by atoms with Gasteiger partial charge in [-0.3, -0.25) is 0 Å². The van der Waals surface area contributed by atoms with Crippen LogP contribution in [0.3, 0.4) is 0 Å². The highest BCUT2D eigenvalue weighted by molar-refractivity contribution is 14.0. The van der Waals surface area contributed by atoms with E-state index in [1.54, 1.807) is 12.3 Å². The summed E-state index contributed by atoms with van der Waals surface area (Å²) in [5.74, 6) is 2.53. The molecule has 2 N–H and O–H groups in total. The maximum absolute atomic E-state index is 10.1. The highest BCUT2D eigenvalue weighted by Gasteiger charge is 2.21. The number of para-hydroxylation sites is 2. The second-order valence-electron chi connectivity index (χ2n) is 7.62. The van der Waals surface area contributed by atoms with E-state index in [1.165, 1.54) is 5.56 Å². The molecule has 0 spiro atoms. The van der Waals surface area contributed by atoms with Crippen molar-refractivity contribution in [1.29, 1.82) is 0 Å². The van der Waals surface area contributed by atoms with Crippen molar-refractivity contribution in [2.45, 2.75) is 20.4 Å². The Hall–Kier alpha value is -2.75. The highest BCUT2D eigenvalue weighted by atomic mass is 127.